The first-order valence-electron chi connectivity index (χ1n) is 9.86. The Balaban J connectivity index is 1.51. The Labute approximate surface area is 192 Å². The molecule has 0 unspecified atom stereocenters. The van der Waals surface area contributed by atoms with Crippen LogP contribution in [0.25, 0.3) is 10.2 Å². The van der Waals surface area contributed by atoms with Crippen LogP contribution in [0, 0.1) is 18.3 Å². The number of benzene rings is 2. The van der Waals surface area contributed by atoms with Crippen LogP contribution in [0.5, 0.6) is 11.6 Å². The van der Waals surface area contributed by atoms with Gasteiger partial charge in [0.05, 0.1) is 23.2 Å². The van der Waals surface area contributed by atoms with Crippen LogP contribution < -0.4 is 15.2 Å². The topological polar surface area (TPSA) is 110 Å². The standard InChI is InChI=1S/C23H19N5O2S2/c1-12-19-20(15(10-24)21(25)30-22(19)28-27-12)13-7-8-17(29-2)14(9-13)11-31-23-26-16-5-3-4-6-18(16)32-23/h3-9,20H,11,25H2,1-2H3,(H,27,28)/t20-/m0/s1. The molecule has 1 aliphatic rings. The Bertz CT molecular complexity index is 1370. The molecular weight excluding hydrogens is 442 g/mol. The minimum Gasteiger partial charge on any atom is -0.496 e. The van der Waals surface area contributed by atoms with Crippen molar-refractivity contribution in [2.45, 2.75) is 22.9 Å². The van der Waals surface area contributed by atoms with E-state index in [9.17, 15) is 5.26 Å². The summed E-state index contributed by atoms with van der Waals surface area (Å²) in [6.07, 6.45) is 0. The average Bonchev–Trinajstić information content (AvgIpc) is 3.39. The first-order chi connectivity index (χ1) is 15.6. The summed E-state index contributed by atoms with van der Waals surface area (Å²) in [6.45, 7) is 1.91. The summed E-state index contributed by atoms with van der Waals surface area (Å²) in [5.74, 6) is 1.59. The van der Waals surface area contributed by atoms with Gasteiger partial charge in [0.25, 0.3) is 0 Å². The molecule has 1 aliphatic heterocycles. The van der Waals surface area contributed by atoms with E-state index < -0.39 is 0 Å². The Morgan fingerprint density at radius 3 is 2.94 bits per heavy atom. The molecule has 1 atom stereocenters. The number of thioether (sulfide) groups is 1. The molecule has 4 aromatic rings. The highest BCUT2D eigenvalue weighted by molar-refractivity contribution is 8.00. The van der Waals surface area contributed by atoms with Gasteiger partial charge in [0.1, 0.15) is 17.4 Å². The van der Waals surface area contributed by atoms with Crippen LogP contribution in [0.1, 0.15) is 28.3 Å². The van der Waals surface area contributed by atoms with Crippen molar-refractivity contribution in [3.05, 3.63) is 76.3 Å². The number of hydrogen-bond donors (Lipinski definition) is 2. The maximum absolute atomic E-state index is 9.80. The van der Waals surface area contributed by atoms with Gasteiger partial charge in [-0.15, -0.1) is 16.4 Å². The lowest BCUT2D eigenvalue weighted by molar-refractivity contribution is 0.378. The van der Waals surface area contributed by atoms with E-state index in [1.807, 2.05) is 37.3 Å². The summed E-state index contributed by atoms with van der Waals surface area (Å²) < 4.78 is 13.4. The van der Waals surface area contributed by atoms with E-state index in [4.69, 9.17) is 20.2 Å². The van der Waals surface area contributed by atoms with Crippen molar-refractivity contribution < 1.29 is 9.47 Å². The Hall–Kier alpha value is -3.48. The Morgan fingerprint density at radius 2 is 2.16 bits per heavy atom. The molecule has 160 valence electrons. The largest absolute Gasteiger partial charge is 0.496 e. The second-order valence-corrected chi connectivity index (χ2v) is 9.55. The van der Waals surface area contributed by atoms with Gasteiger partial charge in [0, 0.05) is 22.6 Å². The van der Waals surface area contributed by atoms with Crippen LogP contribution in [-0.2, 0) is 5.75 Å². The van der Waals surface area contributed by atoms with Crippen LogP contribution in [0.15, 0.2) is 58.3 Å². The second kappa shape index (κ2) is 8.22. The molecule has 0 radical (unpaired) electrons. The van der Waals surface area contributed by atoms with E-state index >= 15 is 0 Å². The number of nitrogens with zero attached hydrogens (tertiary/aromatic N) is 3. The SMILES string of the molecule is COc1ccc([C@H]2C(C#N)=C(N)Oc3n[nH]c(C)c32)cc1CSc1nc2ccccc2s1. The number of aryl methyl sites for hydroxylation is 1. The number of H-pyrrole nitrogens is 1. The number of aromatic nitrogens is 3. The number of allylic oxidation sites excluding steroid dienone is 1. The van der Waals surface area contributed by atoms with Gasteiger partial charge in [0.2, 0.25) is 11.8 Å². The highest BCUT2D eigenvalue weighted by Gasteiger charge is 2.34. The maximum atomic E-state index is 9.80. The summed E-state index contributed by atoms with van der Waals surface area (Å²) in [5, 5.41) is 16.9. The van der Waals surface area contributed by atoms with Crippen LogP contribution >= 0.6 is 23.1 Å². The van der Waals surface area contributed by atoms with Gasteiger partial charge in [-0.25, -0.2) is 4.98 Å². The van der Waals surface area contributed by atoms with Gasteiger partial charge >= 0.3 is 0 Å². The molecule has 0 saturated carbocycles. The second-order valence-electron chi connectivity index (χ2n) is 7.30. The van der Waals surface area contributed by atoms with E-state index in [1.54, 1.807) is 30.2 Å². The molecule has 2 aromatic carbocycles. The molecule has 0 spiro atoms. The summed E-state index contributed by atoms with van der Waals surface area (Å²) in [7, 11) is 1.66. The third kappa shape index (κ3) is 3.47. The van der Waals surface area contributed by atoms with Crippen molar-refractivity contribution in [1.29, 1.82) is 5.26 Å². The van der Waals surface area contributed by atoms with Crippen molar-refractivity contribution in [2.24, 2.45) is 5.73 Å². The first-order valence-corrected chi connectivity index (χ1v) is 11.7. The average molecular weight is 462 g/mol. The summed E-state index contributed by atoms with van der Waals surface area (Å²) in [6, 6.07) is 16.3. The highest BCUT2D eigenvalue weighted by Crippen LogP contribution is 2.44. The molecule has 0 amide bonds. The van der Waals surface area contributed by atoms with Gasteiger partial charge in [0.15, 0.2) is 4.34 Å². The van der Waals surface area contributed by atoms with E-state index in [2.05, 4.69) is 28.4 Å². The summed E-state index contributed by atoms with van der Waals surface area (Å²) >= 11 is 3.34. The normalized spacial score (nSPS) is 15.3. The van der Waals surface area contributed by atoms with Gasteiger partial charge in [-0.3, -0.25) is 5.10 Å². The molecule has 32 heavy (non-hydrogen) atoms. The fourth-order valence-corrected chi connectivity index (χ4v) is 5.92. The third-order valence-electron chi connectivity index (χ3n) is 5.39. The minimum absolute atomic E-state index is 0.0812. The van der Waals surface area contributed by atoms with Crippen molar-refractivity contribution in [1.82, 2.24) is 15.2 Å². The van der Waals surface area contributed by atoms with Gasteiger partial charge in [-0.2, -0.15) is 5.26 Å². The zero-order chi connectivity index (χ0) is 22.2. The number of nitriles is 1. The highest BCUT2D eigenvalue weighted by atomic mass is 32.2. The number of methoxy groups -OCH3 is 1. The molecule has 0 fully saturated rings. The molecule has 5 rings (SSSR count). The zero-order valence-corrected chi connectivity index (χ0v) is 19.0. The number of nitrogens with one attached hydrogen (secondary N) is 1. The fourth-order valence-electron chi connectivity index (χ4n) is 3.88. The quantitative estimate of drug-likeness (QED) is 0.409. The lowest BCUT2D eigenvalue weighted by Gasteiger charge is -2.24. The van der Waals surface area contributed by atoms with Gasteiger partial charge < -0.3 is 15.2 Å². The Kier molecular flexibility index (Phi) is 5.25. The first kappa shape index (κ1) is 20.4. The molecule has 0 bridgehead atoms. The molecule has 9 heteroatoms. The number of fused-ring (bicyclic) bond motifs is 2. The molecule has 0 saturated heterocycles. The van der Waals surface area contributed by atoms with Crippen LogP contribution in [0.3, 0.4) is 0 Å². The lowest BCUT2D eigenvalue weighted by Crippen LogP contribution is -2.21. The van der Waals surface area contributed by atoms with Crippen molar-refractivity contribution >= 4 is 33.3 Å². The van der Waals surface area contributed by atoms with Gasteiger partial charge in [-0.1, -0.05) is 36.0 Å². The van der Waals surface area contributed by atoms with Crippen molar-refractivity contribution in [2.75, 3.05) is 7.11 Å². The van der Waals surface area contributed by atoms with Crippen LogP contribution in [-0.4, -0.2) is 22.3 Å². The molecule has 3 heterocycles. The molecule has 7 nitrogen and oxygen atoms in total. The number of para-hydroxylation sites is 1. The monoisotopic (exact) mass is 461 g/mol. The Morgan fingerprint density at radius 1 is 1.31 bits per heavy atom. The number of aromatic amines is 1. The number of nitrogens with two attached hydrogens (primary N) is 1. The number of ether oxygens (including phenoxy) is 2. The fraction of sp³-hybridized carbons (Fsp3) is 0.174. The van der Waals surface area contributed by atoms with E-state index in [-0.39, 0.29) is 11.8 Å². The maximum Gasteiger partial charge on any atom is 0.244 e. The van der Waals surface area contributed by atoms with E-state index in [1.165, 1.54) is 4.70 Å². The van der Waals surface area contributed by atoms with Crippen LogP contribution in [0.4, 0.5) is 0 Å². The molecule has 3 N–H and O–H groups in total. The zero-order valence-electron chi connectivity index (χ0n) is 17.4. The van der Waals surface area contributed by atoms with E-state index in [0.717, 1.165) is 38.0 Å². The molecule has 0 aliphatic carbocycles. The lowest BCUT2D eigenvalue weighted by atomic mass is 9.83. The van der Waals surface area contributed by atoms with Crippen molar-refractivity contribution in [3.63, 3.8) is 0 Å². The number of thiazole rings is 1. The summed E-state index contributed by atoms with van der Waals surface area (Å²) in [5.41, 5.74) is 11.0. The molecular formula is C23H19N5O2S2. The number of hydrogen-bond acceptors (Lipinski definition) is 8. The van der Waals surface area contributed by atoms with E-state index in [0.29, 0.717) is 17.2 Å². The number of rotatable bonds is 5. The van der Waals surface area contributed by atoms with Crippen LogP contribution in [0.2, 0.25) is 0 Å². The van der Waals surface area contributed by atoms with Gasteiger partial charge in [-0.05, 0) is 30.7 Å². The van der Waals surface area contributed by atoms with Crippen molar-refractivity contribution in [3.8, 4) is 17.7 Å². The minimum atomic E-state index is -0.361. The molecule has 2 aromatic heterocycles. The smallest absolute Gasteiger partial charge is 0.244 e. The predicted molar refractivity (Wildman–Crippen MR) is 125 cm³/mol. The third-order valence-corrected chi connectivity index (χ3v) is 7.62. The predicted octanol–water partition coefficient (Wildman–Crippen LogP) is 4.85. The summed E-state index contributed by atoms with van der Waals surface area (Å²) in [4.78, 5) is 4.71.